The van der Waals surface area contributed by atoms with Crippen LogP contribution in [0.4, 0.5) is 0 Å². The second-order valence-corrected chi connectivity index (χ2v) is 8.20. The number of hydrogen-bond acceptors (Lipinski definition) is 4. The van der Waals surface area contributed by atoms with Crippen molar-refractivity contribution in [3.63, 3.8) is 0 Å². The molecule has 5 rings (SSSR count). The molecule has 0 fully saturated rings. The third kappa shape index (κ3) is 3.11. The van der Waals surface area contributed by atoms with E-state index in [1.165, 1.54) is 33.0 Å². The molecule has 0 aliphatic carbocycles. The molecule has 0 spiro atoms. The van der Waals surface area contributed by atoms with E-state index in [-0.39, 0.29) is 17.2 Å². The zero-order valence-corrected chi connectivity index (χ0v) is 16.8. The highest BCUT2D eigenvalue weighted by molar-refractivity contribution is 7.99. The lowest BCUT2D eigenvalue weighted by Gasteiger charge is -2.27. The van der Waals surface area contributed by atoms with E-state index in [1.807, 2.05) is 35.2 Å². The highest BCUT2D eigenvalue weighted by Crippen LogP contribution is 2.28. The molecule has 4 aromatic rings. The summed E-state index contributed by atoms with van der Waals surface area (Å²) < 4.78 is 1.52. The van der Waals surface area contributed by atoms with Crippen molar-refractivity contribution in [2.24, 2.45) is 7.05 Å². The highest BCUT2D eigenvalue weighted by atomic mass is 32.2. The quantitative estimate of drug-likeness (QED) is 0.421. The first kappa shape index (κ1) is 18.0. The average Bonchev–Trinajstić information content (AvgIpc) is 3.13. The zero-order valence-electron chi connectivity index (χ0n) is 16.0. The first-order chi connectivity index (χ1) is 14.1. The second-order valence-electron chi connectivity index (χ2n) is 7.26. The molecule has 0 saturated carbocycles. The minimum atomic E-state index is -0.0908. The molecule has 2 aromatic carbocycles. The van der Waals surface area contributed by atoms with Crippen LogP contribution in [0, 0.1) is 0 Å². The third-order valence-corrected chi connectivity index (χ3v) is 6.52. The van der Waals surface area contributed by atoms with Crippen LogP contribution in [-0.4, -0.2) is 37.6 Å². The lowest BCUT2D eigenvalue weighted by atomic mass is 10.0. The van der Waals surface area contributed by atoms with Gasteiger partial charge in [0.2, 0.25) is 5.91 Å². The molecule has 1 aliphatic rings. The van der Waals surface area contributed by atoms with Gasteiger partial charge in [0.05, 0.1) is 16.7 Å². The Labute approximate surface area is 171 Å². The van der Waals surface area contributed by atoms with Crippen molar-refractivity contribution in [2.45, 2.75) is 18.1 Å². The maximum atomic E-state index is 12.9. The molecular formula is C22H20N4O2S. The fourth-order valence-corrected chi connectivity index (χ4v) is 4.80. The summed E-state index contributed by atoms with van der Waals surface area (Å²) in [6, 6.07) is 15.5. The molecule has 1 aliphatic heterocycles. The number of aromatic nitrogens is 3. The van der Waals surface area contributed by atoms with Gasteiger partial charge in [-0.25, -0.2) is 4.98 Å². The van der Waals surface area contributed by atoms with Gasteiger partial charge in [-0.3, -0.25) is 14.2 Å². The van der Waals surface area contributed by atoms with Crippen molar-refractivity contribution >= 4 is 39.5 Å². The molecule has 7 heteroatoms. The van der Waals surface area contributed by atoms with Gasteiger partial charge < -0.3 is 9.88 Å². The Kier molecular flexibility index (Phi) is 4.39. The van der Waals surface area contributed by atoms with E-state index in [0.717, 1.165) is 11.9 Å². The maximum Gasteiger partial charge on any atom is 0.261 e. The molecule has 0 bridgehead atoms. The normalized spacial score (nSPS) is 13.8. The van der Waals surface area contributed by atoms with E-state index >= 15 is 0 Å². The predicted octanol–water partition coefficient (Wildman–Crippen LogP) is 3.09. The minimum Gasteiger partial charge on any atom is -0.358 e. The molecule has 29 heavy (non-hydrogen) atoms. The van der Waals surface area contributed by atoms with Crippen LogP contribution in [0.1, 0.15) is 11.3 Å². The molecule has 0 saturated heterocycles. The lowest BCUT2D eigenvalue weighted by Crippen LogP contribution is -2.37. The molecule has 0 atom stereocenters. The maximum absolute atomic E-state index is 12.9. The summed E-state index contributed by atoms with van der Waals surface area (Å²) in [6.07, 6.45) is 0.827. The monoisotopic (exact) mass is 404 g/mol. The Morgan fingerprint density at radius 2 is 1.90 bits per heavy atom. The number of rotatable bonds is 3. The molecular weight excluding hydrogens is 384 g/mol. The lowest BCUT2D eigenvalue weighted by molar-refractivity contribution is -0.129. The average molecular weight is 404 g/mol. The molecule has 3 heterocycles. The number of H-pyrrole nitrogens is 1. The summed E-state index contributed by atoms with van der Waals surface area (Å²) in [5, 5.41) is 2.34. The van der Waals surface area contributed by atoms with Gasteiger partial charge in [-0.05, 0) is 18.2 Å². The Hall–Kier alpha value is -3.06. The summed E-state index contributed by atoms with van der Waals surface area (Å²) in [4.78, 5) is 35.4. The smallest absolute Gasteiger partial charge is 0.261 e. The SMILES string of the molecule is Cn1c(SCC(=O)N2CCc3[nH]c4ccccc4c3C2)nc2ccccc2c1=O. The highest BCUT2D eigenvalue weighted by Gasteiger charge is 2.24. The van der Waals surface area contributed by atoms with Crippen LogP contribution in [0.15, 0.2) is 58.5 Å². The molecule has 0 unspecified atom stereocenters. The molecule has 6 nitrogen and oxygen atoms in total. The Bertz CT molecular complexity index is 1310. The van der Waals surface area contributed by atoms with Crippen LogP contribution in [0.3, 0.4) is 0 Å². The van der Waals surface area contributed by atoms with Crippen molar-refractivity contribution < 1.29 is 4.79 Å². The summed E-state index contributed by atoms with van der Waals surface area (Å²) in [5.74, 6) is 0.324. The molecule has 146 valence electrons. The predicted molar refractivity (Wildman–Crippen MR) is 115 cm³/mol. The number of hydrogen-bond donors (Lipinski definition) is 1. The molecule has 0 radical (unpaired) electrons. The number of nitrogens with one attached hydrogen (secondary N) is 1. The zero-order chi connectivity index (χ0) is 20.0. The van der Waals surface area contributed by atoms with E-state index < -0.39 is 0 Å². The molecule has 2 aromatic heterocycles. The van der Waals surface area contributed by atoms with E-state index in [2.05, 4.69) is 22.1 Å². The fraction of sp³-hybridized carbons (Fsp3) is 0.227. The topological polar surface area (TPSA) is 71.0 Å². The Morgan fingerprint density at radius 3 is 2.76 bits per heavy atom. The van der Waals surface area contributed by atoms with Gasteiger partial charge in [0.15, 0.2) is 5.16 Å². The van der Waals surface area contributed by atoms with E-state index in [9.17, 15) is 9.59 Å². The number of fused-ring (bicyclic) bond motifs is 4. The number of aromatic amines is 1. The summed E-state index contributed by atoms with van der Waals surface area (Å²) in [7, 11) is 1.70. The number of para-hydroxylation sites is 2. The number of carbonyl (C=O) groups excluding carboxylic acids is 1. The fourth-order valence-electron chi connectivity index (χ4n) is 3.92. The first-order valence-electron chi connectivity index (χ1n) is 9.56. The largest absolute Gasteiger partial charge is 0.358 e. The standard InChI is InChI=1S/C22H20N4O2S/c1-25-21(28)15-7-3-5-9-18(15)24-22(25)29-13-20(27)26-11-10-19-16(12-26)14-6-2-4-8-17(14)23-19/h2-9,23H,10-13H2,1H3. The number of nitrogens with zero attached hydrogens (tertiary/aromatic N) is 3. The Morgan fingerprint density at radius 1 is 1.14 bits per heavy atom. The first-order valence-corrected chi connectivity index (χ1v) is 10.5. The molecule has 1 N–H and O–H groups in total. The van der Waals surface area contributed by atoms with Crippen molar-refractivity contribution in [1.82, 2.24) is 19.4 Å². The number of thioether (sulfide) groups is 1. The number of carbonyl (C=O) groups is 1. The number of benzene rings is 2. The Balaban J connectivity index is 1.35. The van der Waals surface area contributed by atoms with Gasteiger partial charge in [0.25, 0.3) is 5.56 Å². The van der Waals surface area contributed by atoms with Gasteiger partial charge in [-0.1, -0.05) is 42.1 Å². The van der Waals surface area contributed by atoms with E-state index in [0.29, 0.717) is 29.1 Å². The van der Waals surface area contributed by atoms with Gasteiger partial charge in [0.1, 0.15) is 0 Å². The minimum absolute atomic E-state index is 0.0633. The van der Waals surface area contributed by atoms with Gasteiger partial charge in [0, 0.05) is 48.7 Å². The summed E-state index contributed by atoms with van der Waals surface area (Å²) >= 11 is 1.32. The van der Waals surface area contributed by atoms with Crippen LogP contribution < -0.4 is 5.56 Å². The number of amides is 1. The van der Waals surface area contributed by atoms with E-state index in [1.54, 1.807) is 13.1 Å². The summed E-state index contributed by atoms with van der Waals surface area (Å²) in [5.41, 5.74) is 4.12. The van der Waals surface area contributed by atoms with Crippen LogP contribution in [0.25, 0.3) is 21.8 Å². The van der Waals surface area contributed by atoms with Crippen LogP contribution in [-0.2, 0) is 24.8 Å². The van der Waals surface area contributed by atoms with Gasteiger partial charge in [-0.15, -0.1) is 0 Å². The molecule has 1 amide bonds. The van der Waals surface area contributed by atoms with Gasteiger partial charge >= 0.3 is 0 Å². The second kappa shape index (κ2) is 7.08. The van der Waals surface area contributed by atoms with Crippen molar-refractivity contribution in [2.75, 3.05) is 12.3 Å². The third-order valence-electron chi connectivity index (χ3n) is 5.50. The van der Waals surface area contributed by atoms with Crippen molar-refractivity contribution in [1.29, 1.82) is 0 Å². The van der Waals surface area contributed by atoms with Crippen LogP contribution in [0.2, 0.25) is 0 Å². The summed E-state index contributed by atoms with van der Waals surface area (Å²) in [6.45, 7) is 1.31. The van der Waals surface area contributed by atoms with Crippen LogP contribution in [0.5, 0.6) is 0 Å². The van der Waals surface area contributed by atoms with Crippen molar-refractivity contribution in [3.8, 4) is 0 Å². The van der Waals surface area contributed by atoms with Crippen molar-refractivity contribution in [3.05, 3.63) is 70.1 Å². The van der Waals surface area contributed by atoms with Gasteiger partial charge in [-0.2, -0.15) is 0 Å². The van der Waals surface area contributed by atoms with Crippen LogP contribution >= 0.6 is 11.8 Å². The van der Waals surface area contributed by atoms with E-state index in [4.69, 9.17) is 0 Å².